The fourth-order valence-corrected chi connectivity index (χ4v) is 2.99. The van der Waals surface area contributed by atoms with Crippen molar-refractivity contribution in [3.05, 3.63) is 58.9 Å². The zero-order valence-electron chi connectivity index (χ0n) is 16.8. The van der Waals surface area contributed by atoms with Crippen LogP contribution in [0, 0.1) is 12.7 Å². The van der Waals surface area contributed by atoms with Gasteiger partial charge in [-0.15, -0.1) is 0 Å². The third-order valence-corrected chi connectivity index (χ3v) is 4.56. The summed E-state index contributed by atoms with van der Waals surface area (Å²) in [5.41, 5.74) is 3.20. The van der Waals surface area contributed by atoms with Crippen molar-refractivity contribution in [2.24, 2.45) is 0 Å². The Kier molecular flexibility index (Phi) is 6.83. The van der Waals surface area contributed by atoms with Gasteiger partial charge >= 0.3 is 0 Å². The maximum atomic E-state index is 13.0. The molecule has 0 spiro atoms. The second-order valence-corrected chi connectivity index (χ2v) is 7.05. The summed E-state index contributed by atoms with van der Waals surface area (Å²) in [6, 6.07) is 9.53. The molecular formula is C22H28FNO3. The van der Waals surface area contributed by atoms with E-state index in [1.807, 2.05) is 19.9 Å². The Balaban J connectivity index is 2.11. The summed E-state index contributed by atoms with van der Waals surface area (Å²) < 4.78 is 24.1. The van der Waals surface area contributed by atoms with Crippen molar-refractivity contribution in [3.63, 3.8) is 0 Å². The third-order valence-electron chi connectivity index (χ3n) is 4.56. The predicted molar refractivity (Wildman–Crippen MR) is 105 cm³/mol. The highest BCUT2D eigenvalue weighted by atomic mass is 19.1. The van der Waals surface area contributed by atoms with Crippen LogP contribution in [-0.2, 0) is 4.79 Å². The predicted octanol–water partition coefficient (Wildman–Crippen LogP) is 4.91. The number of aryl methyl sites for hydroxylation is 1. The first-order valence-corrected chi connectivity index (χ1v) is 9.14. The fourth-order valence-electron chi connectivity index (χ4n) is 2.99. The molecule has 0 unspecified atom stereocenters. The Morgan fingerprint density at radius 3 is 2.22 bits per heavy atom. The van der Waals surface area contributed by atoms with Crippen LogP contribution in [0.15, 0.2) is 36.4 Å². The number of benzene rings is 2. The number of halogens is 1. The van der Waals surface area contributed by atoms with E-state index < -0.39 is 6.10 Å². The minimum absolute atomic E-state index is 0.180. The van der Waals surface area contributed by atoms with Crippen molar-refractivity contribution in [3.8, 4) is 11.5 Å². The summed E-state index contributed by atoms with van der Waals surface area (Å²) in [4.78, 5) is 12.5. The number of hydrogen-bond acceptors (Lipinski definition) is 3. The lowest BCUT2D eigenvalue weighted by atomic mass is 9.93. The van der Waals surface area contributed by atoms with Gasteiger partial charge in [0.05, 0.1) is 13.2 Å². The molecule has 0 radical (unpaired) electrons. The minimum atomic E-state index is -0.693. The molecule has 2 aromatic rings. The van der Waals surface area contributed by atoms with Gasteiger partial charge in [-0.05, 0) is 79.8 Å². The van der Waals surface area contributed by atoms with Gasteiger partial charge in [0, 0.05) is 0 Å². The van der Waals surface area contributed by atoms with Crippen LogP contribution in [0.1, 0.15) is 56.3 Å². The number of hydrogen-bond donors (Lipinski definition) is 1. The first-order valence-electron chi connectivity index (χ1n) is 9.14. The number of carbonyl (C=O) groups excluding carboxylic acids is 1. The highest BCUT2D eigenvalue weighted by Gasteiger charge is 2.20. The van der Waals surface area contributed by atoms with Gasteiger partial charge in [0.2, 0.25) is 0 Å². The molecular weight excluding hydrogens is 345 g/mol. The van der Waals surface area contributed by atoms with Crippen molar-refractivity contribution in [1.82, 2.24) is 5.32 Å². The van der Waals surface area contributed by atoms with E-state index >= 15 is 0 Å². The topological polar surface area (TPSA) is 47.6 Å². The molecule has 0 saturated carbocycles. The highest BCUT2D eigenvalue weighted by molar-refractivity contribution is 5.81. The second-order valence-electron chi connectivity index (χ2n) is 7.05. The highest BCUT2D eigenvalue weighted by Crippen LogP contribution is 2.32. The van der Waals surface area contributed by atoms with E-state index in [0.29, 0.717) is 11.7 Å². The van der Waals surface area contributed by atoms with Gasteiger partial charge in [0.1, 0.15) is 17.3 Å². The Labute approximate surface area is 160 Å². The van der Waals surface area contributed by atoms with E-state index in [9.17, 15) is 9.18 Å². The quantitative estimate of drug-likeness (QED) is 0.750. The maximum Gasteiger partial charge on any atom is 0.261 e. The number of methoxy groups -OCH3 is 1. The molecule has 5 heteroatoms. The van der Waals surface area contributed by atoms with E-state index in [0.717, 1.165) is 22.4 Å². The van der Waals surface area contributed by atoms with Crippen LogP contribution < -0.4 is 14.8 Å². The van der Waals surface area contributed by atoms with Crippen LogP contribution in [-0.4, -0.2) is 19.1 Å². The molecule has 0 saturated heterocycles. The van der Waals surface area contributed by atoms with Gasteiger partial charge < -0.3 is 14.8 Å². The Morgan fingerprint density at radius 1 is 1.04 bits per heavy atom. The van der Waals surface area contributed by atoms with Crippen LogP contribution >= 0.6 is 0 Å². The zero-order valence-corrected chi connectivity index (χ0v) is 16.8. The van der Waals surface area contributed by atoms with Crippen LogP contribution in [0.25, 0.3) is 0 Å². The van der Waals surface area contributed by atoms with Gasteiger partial charge in [-0.1, -0.05) is 13.8 Å². The van der Waals surface area contributed by atoms with Crippen molar-refractivity contribution in [2.75, 3.05) is 7.11 Å². The average Bonchev–Trinajstić information content (AvgIpc) is 2.62. The Morgan fingerprint density at radius 2 is 1.67 bits per heavy atom. The van der Waals surface area contributed by atoms with Crippen molar-refractivity contribution in [1.29, 1.82) is 0 Å². The van der Waals surface area contributed by atoms with Crippen molar-refractivity contribution < 1.29 is 18.7 Å². The van der Waals surface area contributed by atoms with E-state index in [2.05, 4.69) is 25.2 Å². The monoisotopic (exact) mass is 373 g/mol. The van der Waals surface area contributed by atoms with Crippen LogP contribution in [0.2, 0.25) is 0 Å². The molecule has 0 fully saturated rings. The molecule has 0 aromatic heterocycles. The first kappa shape index (κ1) is 20.7. The molecule has 2 rings (SSSR count). The first-order chi connectivity index (χ1) is 12.7. The molecule has 2 atom stereocenters. The van der Waals surface area contributed by atoms with Gasteiger partial charge in [-0.3, -0.25) is 4.79 Å². The molecule has 0 heterocycles. The average molecular weight is 373 g/mol. The van der Waals surface area contributed by atoms with E-state index in [1.165, 1.54) is 24.3 Å². The Bertz CT molecular complexity index is 787. The van der Waals surface area contributed by atoms with E-state index in [1.54, 1.807) is 14.0 Å². The SMILES string of the molecule is COc1cc(C)c([C@H](C)NC(=O)[C@H](C)Oc2ccc(F)cc2)cc1C(C)C. The molecule has 0 aliphatic carbocycles. The molecule has 146 valence electrons. The van der Waals surface area contributed by atoms with Crippen molar-refractivity contribution >= 4 is 5.91 Å². The van der Waals surface area contributed by atoms with Gasteiger partial charge in [-0.25, -0.2) is 4.39 Å². The lowest BCUT2D eigenvalue weighted by Crippen LogP contribution is -2.38. The number of carbonyl (C=O) groups is 1. The third kappa shape index (κ3) is 5.22. The summed E-state index contributed by atoms with van der Waals surface area (Å²) in [6.07, 6.45) is -0.693. The van der Waals surface area contributed by atoms with Gasteiger partial charge in [-0.2, -0.15) is 0 Å². The Hall–Kier alpha value is -2.56. The largest absolute Gasteiger partial charge is 0.496 e. The van der Waals surface area contributed by atoms with Crippen LogP contribution in [0.3, 0.4) is 0 Å². The summed E-state index contributed by atoms with van der Waals surface area (Å²) in [7, 11) is 1.67. The number of rotatable bonds is 7. The minimum Gasteiger partial charge on any atom is -0.496 e. The molecule has 27 heavy (non-hydrogen) atoms. The smallest absolute Gasteiger partial charge is 0.261 e. The molecule has 2 aromatic carbocycles. The van der Waals surface area contributed by atoms with Gasteiger partial charge in [0.15, 0.2) is 6.10 Å². The summed E-state index contributed by atoms with van der Waals surface area (Å²) in [5.74, 6) is 1.05. The zero-order chi connectivity index (χ0) is 20.1. The van der Waals surface area contributed by atoms with E-state index in [-0.39, 0.29) is 17.8 Å². The maximum absolute atomic E-state index is 13.0. The molecule has 0 aliphatic heterocycles. The fraction of sp³-hybridized carbons (Fsp3) is 0.409. The summed E-state index contributed by atoms with van der Waals surface area (Å²) in [5, 5.41) is 2.99. The second kappa shape index (κ2) is 8.89. The van der Waals surface area contributed by atoms with E-state index in [4.69, 9.17) is 9.47 Å². The molecule has 1 N–H and O–H groups in total. The summed E-state index contributed by atoms with van der Waals surface area (Å²) in [6.45, 7) is 9.84. The number of amides is 1. The lowest BCUT2D eigenvalue weighted by Gasteiger charge is -2.22. The molecule has 0 aliphatic rings. The normalized spacial score (nSPS) is 13.2. The molecule has 4 nitrogen and oxygen atoms in total. The molecule has 1 amide bonds. The lowest BCUT2D eigenvalue weighted by molar-refractivity contribution is -0.127. The van der Waals surface area contributed by atoms with Crippen LogP contribution in [0.5, 0.6) is 11.5 Å². The number of nitrogens with one attached hydrogen (secondary N) is 1. The van der Waals surface area contributed by atoms with Crippen LogP contribution in [0.4, 0.5) is 4.39 Å². The standard InChI is InChI=1S/C22H28FNO3/c1-13(2)19-12-20(14(3)11-21(19)26-6)15(4)24-22(25)16(5)27-18-9-7-17(23)8-10-18/h7-13,15-16H,1-6H3,(H,24,25)/t15-,16-/m0/s1. The van der Waals surface area contributed by atoms with Gasteiger partial charge in [0.25, 0.3) is 5.91 Å². The summed E-state index contributed by atoms with van der Waals surface area (Å²) >= 11 is 0. The number of ether oxygens (including phenoxy) is 2. The van der Waals surface area contributed by atoms with Crippen molar-refractivity contribution in [2.45, 2.75) is 52.7 Å². The molecule has 0 bridgehead atoms.